The molecule has 0 fully saturated rings. The fourth-order valence-electron chi connectivity index (χ4n) is 2.05. The number of nitrogens with zero attached hydrogens (tertiary/aromatic N) is 4. The van der Waals surface area contributed by atoms with Gasteiger partial charge in [0.05, 0.1) is 17.2 Å². The molecule has 7 heteroatoms. The molecule has 0 unspecified atom stereocenters. The highest BCUT2D eigenvalue weighted by molar-refractivity contribution is 5.61. The van der Waals surface area contributed by atoms with Crippen molar-refractivity contribution in [3.63, 3.8) is 0 Å². The minimum Gasteiger partial charge on any atom is -0.384 e. The fourth-order valence-corrected chi connectivity index (χ4v) is 2.05. The minimum absolute atomic E-state index is 0.0568. The highest BCUT2D eigenvalue weighted by atomic mass is 16.6. The van der Waals surface area contributed by atoms with Gasteiger partial charge in [-0.1, -0.05) is 6.07 Å². The van der Waals surface area contributed by atoms with Crippen molar-refractivity contribution in [1.82, 2.24) is 9.97 Å². The van der Waals surface area contributed by atoms with Crippen molar-refractivity contribution in [2.24, 2.45) is 0 Å². The van der Waals surface area contributed by atoms with E-state index in [0.29, 0.717) is 13.1 Å². The van der Waals surface area contributed by atoms with Crippen LogP contribution < -0.4 is 10.6 Å². The van der Waals surface area contributed by atoms with Gasteiger partial charge in [0.2, 0.25) is 5.82 Å². The van der Waals surface area contributed by atoms with E-state index < -0.39 is 4.92 Å². The second-order valence-electron chi connectivity index (χ2n) is 4.62. The Morgan fingerprint density at radius 1 is 1.29 bits per heavy atom. The van der Waals surface area contributed by atoms with Gasteiger partial charge in [-0.15, -0.1) is 0 Å². The maximum Gasteiger partial charge on any atom is 0.311 e. The van der Waals surface area contributed by atoms with Gasteiger partial charge in [0, 0.05) is 18.3 Å². The SMILES string of the molecule is CCN(Cc1cccc(C)n1)c1nc(N)ccc1[N+](=O)[O-]. The van der Waals surface area contributed by atoms with E-state index in [1.165, 1.54) is 12.1 Å². The summed E-state index contributed by atoms with van der Waals surface area (Å²) in [6, 6.07) is 8.51. The number of hydrogen-bond donors (Lipinski definition) is 1. The molecule has 0 spiro atoms. The highest BCUT2D eigenvalue weighted by Crippen LogP contribution is 2.27. The number of hydrogen-bond acceptors (Lipinski definition) is 6. The van der Waals surface area contributed by atoms with Crippen LogP contribution in [0.1, 0.15) is 18.3 Å². The lowest BCUT2D eigenvalue weighted by Gasteiger charge is -2.21. The zero-order chi connectivity index (χ0) is 15.4. The van der Waals surface area contributed by atoms with Gasteiger partial charge in [0.15, 0.2) is 0 Å². The first-order valence-electron chi connectivity index (χ1n) is 6.59. The Labute approximate surface area is 122 Å². The zero-order valence-corrected chi connectivity index (χ0v) is 12.0. The van der Waals surface area contributed by atoms with Gasteiger partial charge in [-0.3, -0.25) is 15.1 Å². The Balaban J connectivity index is 2.37. The molecule has 0 saturated carbocycles. The van der Waals surface area contributed by atoms with E-state index in [0.717, 1.165) is 11.4 Å². The van der Waals surface area contributed by atoms with Crippen molar-refractivity contribution in [3.05, 3.63) is 51.8 Å². The number of anilines is 2. The molecular formula is C14H17N5O2. The van der Waals surface area contributed by atoms with Crippen LogP contribution >= 0.6 is 0 Å². The van der Waals surface area contributed by atoms with Gasteiger partial charge < -0.3 is 10.6 Å². The molecule has 110 valence electrons. The second kappa shape index (κ2) is 6.17. The van der Waals surface area contributed by atoms with Crippen molar-refractivity contribution in [2.45, 2.75) is 20.4 Å². The molecule has 2 heterocycles. The molecule has 2 rings (SSSR count). The Hall–Kier alpha value is -2.70. The molecule has 0 saturated heterocycles. The molecule has 0 aliphatic rings. The third-order valence-electron chi connectivity index (χ3n) is 3.05. The summed E-state index contributed by atoms with van der Waals surface area (Å²) in [5.74, 6) is 0.525. The lowest BCUT2D eigenvalue weighted by molar-refractivity contribution is -0.384. The van der Waals surface area contributed by atoms with Gasteiger partial charge >= 0.3 is 5.69 Å². The number of rotatable bonds is 5. The van der Waals surface area contributed by atoms with Crippen LogP contribution in [0.15, 0.2) is 30.3 Å². The van der Waals surface area contributed by atoms with Crippen LogP contribution in [0.5, 0.6) is 0 Å². The molecule has 0 atom stereocenters. The number of pyridine rings is 2. The zero-order valence-electron chi connectivity index (χ0n) is 12.0. The Bertz CT molecular complexity index is 660. The summed E-state index contributed by atoms with van der Waals surface area (Å²) in [5, 5.41) is 11.1. The Morgan fingerprint density at radius 2 is 2.05 bits per heavy atom. The van der Waals surface area contributed by atoms with Crippen LogP contribution in [0, 0.1) is 17.0 Å². The number of aromatic nitrogens is 2. The Kier molecular flexibility index (Phi) is 4.32. The van der Waals surface area contributed by atoms with Crippen LogP contribution in [0.4, 0.5) is 17.3 Å². The number of nitrogen functional groups attached to an aromatic ring is 1. The number of nitro groups is 1. The monoisotopic (exact) mass is 287 g/mol. The molecule has 21 heavy (non-hydrogen) atoms. The predicted molar refractivity (Wildman–Crippen MR) is 81.0 cm³/mol. The van der Waals surface area contributed by atoms with Crippen LogP contribution in [-0.2, 0) is 6.54 Å². The van der Waals surface area contributed by atoms with Gasteiger partial charge in [-0.05, 0) is 32.0 Å². The van der Waals surface area contributed by atoms with Crippen molar-refractivity contribution >= 4 is 17.3 Å². The first-order valence-corrected chi connectivity index (χ1v) is 6.59. The minimum atomic E-state index is -0.450. The van der Waals surface area contributed by atoms with Crippen LogP contribution in [0.25, 0.3) is 0 Å². The predicted octanol–water partition coefficient (Wildman–Crippen LogP) is 2.30. The second-order valence-corrected chi connectivity index (χ2v) is 4.62. The summed E-state index contributed by atoms with van der Waals surface area (Å²) in [5.41, 5.74) is 7.34. The highest BCUT2D eigenvalue weighted by Gasteiger charge is 2.21. The summed E-state index contributed by atoms with van der Waals surface area (Å²) in [6.45, 7) is 4.81. The van der Waals surface area contributed by atoms with E-state index in [4.69, 9.17) is 5.73 Å². The fraction of sp³-hybridized carbons (Fsp3) is 0.286. The summed E-state index contributed by atoms with van der Waals surface area (Å²) in [7, 11) is 0. The standard InChI is InChI=1S/C14H17N5O2/c1-3-18(9-11-6-4-5-10(2)16-11)14-12(19(20)21)7-8-13(15)17-14/h4-8H,3,9H2,1-2H3,(H2,15,17). The van der Waals surface area contributed by atoms with Crippen LogP contribution in [-0.4, -0.2) is 21.4 Å². The van der Waals surface area contributed by atoms with Crippen LogP contribution in [0.3, 0.4) is 0 Å². The largest absolute Gasteiger partial charge is 0.384 e. The summed E-state index contributed by atoms with van der Waals surface area (Å²) >= 11 is 0. The van der Waals surface area contributed by atoms with Gasteiger partial charge in [-0.25, -0.2) is 4.98 Å². The molecular weight excluding hydrogens is 270 g/mol. The Morgan fingerprint density at radius 3 is 2.67 bits per heavy atom. The maximum atomic E-state index is 11.1. The summed E-state index contributed by atoms with van der Waals surface area (Å²) in [4.78, 5) is 21.0. The van der Waals surface area contributed by atoms with E-state index in [-0.39, 0.29) is 17.3 Å². The van der Waals surface area contributed by atoms with Gasteiger partial charge in [-0.2, -0.15) is 0 Å². The molecule has 0 amide bonds. The maximum absolute atomic E-state index is 11.1. The number of aryl methyl sites for hydroxylation is 1. The van der Waals surface area contributed by atoms with E-state index in [1.807, 2.05) is 32.0 Å². The quantitative estimate of drug-likeness (QED) is 0.669. The first-order chi connectivity index (χ1) is 10.0. The van der Waals surface area contributed by atoms with Crippen molar-refractivity contribution in [2.75, 3.05) is 17.2 Å². The molecule has 7 nitrogen and oxygen atoms in total. The van der Waals surface area contributed by atoms with E-state index in [1.54, 1.807) is 4.90 Å². The van der Waals surface area contributed by atoms with Crippen molar-refractivity contribution in [3.8, 4) is 0 Å². The van der Waals surface area contributed by atoms with Crippen molar-refractivity contribution < 1.29 is 4.92 Å². The third kappa shape index (κ3) is 3.44. The molecule has 2 aromatic heterocycles. The molecule has 2 N–H and O–H groups in total. The normalized spacial score (nSPS) is 10.4. The molecule has 0 aliphatic heterocycles. The van der Waals surface area contributed by atoms with Gasteiger partial charge in [0.1, 0.15) is 5.82 Å². The lowest BCUT2D eigenvalue weighted by atomic mass is 10.2. The van der Waals surface area contributed by atoms with Crippen LogP contribution in [0.2, 0.25) is 0 Å². The smallest absolute Gasteiger partial charge is 0.311 e. The average Bonchev–Trinajstić information content (AvgIpc) is 2.44. The molecule has 0 aliphatic carbocycles. The van der Waals surface area contributed by atoms with E-state index >= 15 is 0 Å². The topological polar surface area (TPSA) is 98.2 Å². The molecule has 0 radical (unpaired) electrons. The van der Waals surface area contributed by atoms with E-state index in [2.05, 4.69) is 9.97 Å². The average molecular weight is 287 g/mol. The number of nitrogens with two attached hydrogens (primary N) is 1. The molecule has 2 aromatic rings. The molecule has 0 aromatic carbocycles. The third-order valence-corrected chi connectivity index (χ3v) is 3.05. The first kappa shape index (κ1) is 14.7. The summed E-state index contributed by atoms with van der Waals surface area (Å²) < 4.78 is 0. The van der Waals surface area contributed by atoms with Gasteiger partial charge in [0.25, 0.3) is 0 Å². The lowest BCUT2D eigenvalue weighted by Crippen LogP contribution is -2.25. The molecule has 0 bridgehead atoms. The van der Waals surface area contributed by atoms with Crippen molar-refractivity contribution in [1.29, 1.82) is 0 Å². The summed E-state index contributed by atoms with van der Waals surface area (Å²) in [6.07, 6.45) is 0. The van der Waals surface area contributed by atoms with E-state index in [9.17, 15) is 10.1 Å².